The molecule has 0 spiro atoms. The summed E-state index contributed by atoms with van der Waals surface area (Å²) in [5, 5.41) is 5.63. The normalized spacial score (nSPS) is 16.9. The van der Waals surface area contributed by atoms with E-state index in [4.69, 9.17) is 16.3 Å². The number of hydrogen-bond donors (Lipinski definition) is 0. The van der Waals surface area contributed by atoms with Crippen LogP contribution in [0.4, 0.5) is 0 Å². The molecular weight excluding hydrogens is 216 g/mol. The van der Waals surface area contributed by atoms with Crippen molar-refractivity contribution in [3.8, 4) is 0 Å². The summed E-state index contributed by atoms with van der Waals surface area (Å²) < 4.78 is 7.02. The van der Waals surface area contributed by atoms with Crippen molar-refractivity contribution in [3.05, 3.63) is 17.2 Å². The van der Waals surface area contributed by atoms with Crippen molar-refractivity contribution in [2.24, 2.45) is 0 Å². The van der Waals surface area contributed by atoms with E-state index in [1.807, 2.05) is 11.6 Å². The van der Waals surface area contributed by atoms with Crippen LogP contribution in [0.2, 0.25) is 5.28 Å². The first kappa shape index (κ1) is 9.06. The lowest BCUT2D eigenvalue weighted by Gasteiger charge is -2.26. The third-order valence-electron chi connectivity index (χ3n) is 2.57. The average molecular weight is 225 g/mol. The molecule has 3 heterocycles. The molecule has 2 aromatic rings. The number of ether oxygens (including phenoxy) is 1. The summed E-state index contributed by atoms with van der Waals surface area (Å²) >= 11 is 5.77. The maximum absolute atomic E-state index is 5.77. The Morgan fingerprint density at radius 3 is 3.00 bits per heavy atom. The molecule has 0 saturated carbocycles. The molecule has 78 valence electrons. The predicted octanol–water partition coefficient (Wildman–Crippen LogP) is 1.36. The Bertz CT molecular complexity index is 520. The number of aryl methyl sites for hydroxylation is 1. The molecule has 0 bridgehead atoms. The Labute approximate surface area is 91.0 Å². The van der Waals surface area contributed by atoms with E-state index in [0.29, 0.717) is 13.2 Å². The highest BCUT2D eigenvalue weighted by molar-refractivity contribution is 6.28. The van der Waals surface area contributed by atoms with Gasteiger partial charge in [-0.05, 0) is 18.5 Å². The zero-order valence-electron chi connectivity index (χ0n) is 8.14. The van der Waals surface area contributed by atoms with Gasteiger partial charge in [0.15, 0.2) is 5.65 Å². The predicted molar refractivity (Wildman–Crippen MR) is 54.9 cm³/mol. The van der Waals surface area contributed by atoms with Crippen LogP contribution in [0.25, 0.3) is 11.0 Å². The minimum Gasteiger partial charge on any atom is -0.377 e. The number of halogens is 1. The zero-order chi connectivity index (χ0) is 10.4. The van der Waals surface area contributed by atoms with Gasteiger partial charge in [-0.2, -0.15) is 10.1 Å². The molecule has 0 aliphatic carbocycles. The Balaban J connectivity index is 2.24. The molecule has 1 fully saturated rings. The first-order valence-electron chi connectivity index (χ1n) is 4.71. The van der Waals surface area contributed by atoms with Crippen molar-refractivity contribution < 1.29 is 4.74 Å². The topological polar surface area (TPSA) is 52.8 Å². The maximum atomic E-state index is 5.77. The van der Waals surface area contributed by atoms with Crippen molar-refractivity contribution in [1.82, 2.24) is 19.7 Å². The quantitative estimate of drug-likeness (QED) is 0.687. The third kappa shape index (κ3) is 1.31. The summed E-state index contributed by atoms with van der Waals surface area (Å²) in [6.45, 7) is 3.32. The lowest BCUT2D eigenvalue weighted by Crippen LogP contribution is -2.31. The SMILES string of the molecule is Cc1nn(C2COC2)c2nc(Cl)ncc12. The second-order valence-corrected chi connectivity index (χ2v) is 3.94. The fourth-order valence-corrected chi connectivity index (χ4v) is 1.79. The molecule has 1 aliphatic rings. The molecule has 15 heavy (non-hydrogen) atoms. The number of aromatic nitrogens is 4. The second-order valence-electron chi connectivity index (χ2n) is 3.60. The van der Waals surface area contributed by atoms with E-state index in [1.54, 1.807) is 6.20 Å². The van der Waals surface area contributed by atoms with Crippen LogP contribution in [0.3, 0.4) is 0 Å². The standard InChI is InChI=1S/C9H9ClN4O/c1-5-7-2-11-9(10)12-8(7)14(13-5)6-3-15-4-6/h2,6H,3-4H2,1H3. The molecule has 1 aliphatic heterocycles. The van der Waals surface area contributed by atoms with Crippen LogP contribution in [0.5, 0.6) is 0 Å². The minimum atomic E-state index is 0.254. The average Bonchev–Trinajstić information content (AvgIpc) is 2.41. The van der Waals surface area contributed by atoms with Gasteiger partial charge in [0, 0.05) is 6.20 Å². The van der Waals surface area contributed by atoms with Gasteiger partial charge in [0.05, 0.1) is 24.3 Å². The van der Waals surface area contributed by atoms with Crippen LogP contribution in [0, 0.1) is 6.92 Å². The van der Waals surface area contributed by atoms with Crippen LogP contribution in [-0.2, 0) is 4.74 Å². The lowest BCUT2D eigenvalue weighted by molar-refractivity contribution is -0.0270. The van der Waals surface area contributed by atoms with Crippen LogP contribution >= 0.6 is 11.6 Å². The highest BCUT2D eigenvalue weighted by Crippen LogP contribution is 2.24. The van der Waals surface area contributed by atoms with Crippen LogP contribution in [0.1, 0.15) is 11.7 Å². The van der Waals surface area contributed by atoms with Gasteiger partial charge in [-0.3, -0.25) is 0 Å². The van der Waals surface area contributed by atoms with Crippen molar-refractivity contribution in [3.63, 3.8) is 0 Å². The van der Waals surface area contributed by atoms with Crippen molar-refractivity contribution >= 4 is 22.6 Å². The van der Waals surface area contributed by atoms with Crippen LogP contribution < -0.4 is 0 Å². The largest absolute Gasteiger partial charge is 0.377 e. The molecule has 0 unspecified atom stereocenters. The summed E-state index contributed by atoms with van der Waals surface area (Å²) in [5.74, 6) is 0. The molecule has 2 aromatic heterocycles. The van der Waals surface area contributed by atoms with Crippen molar-refractivity contribution in [2.75, 3.05) is 13.2 Å². The number of nitrogens with zero attached hydrogens (tertiary/aromatic N) is 4. The van der Waals surface area contributed by atoms with E-state index in [9.17, 15) is 0 Å². The summed E-state index contributed by atoms with van der Waals surface area (Å²) in [6.07, 6.45) is 1.71. The van der Waals surface area contributed by atoms with E-state index in [2.05, 4.69) is 15.1 Å². The van der Waals surface area contributed by atoms with E-state index in [0.717, 1.165) is 16.7 Å². The second kappa shape index (κ2) is 3.15. The fraction of sp³-hybridized carbons (Fsp3) is 0.444. The van der Waals surface area contributed by atoms with Gasteiger partial charge in [0.2, 0.25) is 5.28 Å². The van der Waals surface area contributed by atoms with Gasteiger partial charge >= 0.3 is 0 Å². The van der Waals surface area contributed by atoms with Crippen molar-refractivity contribution in [2.45, 2.75) is 13.0 Å². The molecule has 6 heteroatoms. The van der Waals surface area contributed by atoms with Gasteiger partial charge in [0.25, 0.3) is 0 Å². The van der Waals surface area contributed by atoms with Gasteiger partial charge in [-0.25, -0.2) is 9.67 Å². The van der Waals surface area contributed by atoms with E-state index in [1.165, 1.54) is 0 Å². The monoisotopic (exact) mass is 224 g/mol. The molecule has 1 saturated heterocycles. The fourth-order valence-electron chi connectivity index (χ4n) is 1.66. The number of hydrogen-bond acceptors (Lipinski definition) is 4. The van der Waals surface area contributed by atoms with E-state index in [-0.39, 0.29) is 11.3 Å². The molecule has 0 radical (unpaired) electrons. The van der Waals surface area contributed by atoms with Gasteiger partial charge < -0.3 is 4.74 Å². The lowest BCUT2D eigenvalue weighted by atomic mass is 10.2. The summed E-state index contributed by atoms with van der Waals surface area (Å²) in [4.78, 5) is 8.15. The third-order valence-corrected chi connectivity index (χ3v) is 2.75. The summed E-state index contributed by atoms with van der Waals surface area (Å²) in [5.41, 5.74) is 1.72. The van der Waals surface area contributed by atoms with E-state index >= 15 is 0 Å². The molecule has 0 aromatic carbocycles. The Hall–Kier alpha value is -1.20. The Morgan fingerprint density at radius 2 is 2.33 bits per heavy atom. The molecule has 5 nitrogen and oxygen atoms in total. The molecular formula is C9H9ClN4O. The first-order chi connectivity index (χ1) is 7.25. The highest BCUT2D eigenvalue weighted by atomic mass is 35.5. The van der Waals surface area contributed by atoms with Crippen LogP contribution in [-0.4, -0.2) is 33.0 Å². The molecule has 0 N–H and O–H groups in total. The van der Waals surface area contributed by atoms with Gasteiger partial charge in [-0.1, -0.05) is 0 Å². The zero-order valence-corrected chi connectivity index (χ0v) is 8.90. The number of fused-ring (bicyclic) bond motifs is 1. The minimum absolute atomic E-state index is 0.254. The first-order valence-corrected chi connectivity index (χ1v) is 5.08. The summed E-state index contributed by atoms with van der Waals surface area (Å²) in [7, 11) is 0. The Morgan fingerprint density at radius 1 is 1.53 bits per heavy atom. The van der Waals surface area contributed by atoms with Gasteiger partial charge in [0.1, 0.15) is 6.04 Å². The van der Waals surface area contributed by atoms with E-state index < -0.39 is 0 Å². The molecule has 0 atom stereocenters. The number of rotatable bonds is 1. The maximum Gasteiger partial charge on any atom is 0.224 e. The smallest absolute Gasteiger partial charge is 0.224 e. The van der Waals surface area contributed by atoms with Gasteiger partial charge in [-0.15, -0.1) is 0 Å². The highest BCUT2D eigenvalue weighted by Gasteiger charge is 2.24. The van der Waals surface area contributed by atoms with Crippen LogP contribution in [0.15, 0.2) is 6.20 Å². The molecule has 3 rings (SSSR count). The summed E-state index contributed by atoms with van der Waals surface area (Å²) in [6, 6.07) is 0.284. The van der Waals surface area contributed by atoms with Crippen molar-refractivity contribution in [1.29, 1.82) is 0 Å². The Kier molecular flexibility index (Phi) is 1.90. The molecule has 0 amide bonds.